The minimum atomic E-state index is -4.55. The quantitative estimate of drug-likeness (QED) is 0.210. The summed E-state index contributed by atoms with van der Waals surface area (Å²) in [5.41, 5.74) is 8.67. The topological polar surface area (TPSA) is 74.9 Å². The van der Waals surface area contributed by atoms with Crippen molar-refractivity contribution in [2.45, 2.75) is 26.1 Å². The zero-order chi connectivity index (χ0) is 31.6. The van der Waals surface area contributed by atoms with E-state index >= 15 is 0 Å². The molecular weight excluding hydrogens is 587 g/mol. The molecule has 1 amide bonds. The van der Waals surface area contributed by atoms with Crippen LogP contribution in [0, 0.1) is 6.92 Å². The second-order valence-electron chi connectivity index (χ2n) is 10.7. The number of aryl methyl sites for hydroxylation is 1. The minimum Gasteiger partial charge on any atom is -0.484 e. The summed E-state index contributed by atoms with van der Waals surface area (Å²) in [5, 5.41) is 0.581. The fraction of sp³-hybridized carbons (Fsp3) is 0.273. The van der Waals surface area contributed by atoms with E-state index in [1.165, 1.54) is 25.1 Å². The number of anilines is 3. The highest BCUT2D eigenvalue weighted by molar-refractivity contribution is 7.18. The van der Waals surface area contributed by atoms with Crippen LogP contribution >= 0.6 is 11.3 Å². The Kier molecular flexibility index (Phi) is 8.98. The van der Waals surface area contributed by atoms with Gasteiger partial charge in [0.1, 0.15) is 27.5 Å². The Balaban J connectivity index is 1.42. The average molecular weight is 622 g/mol. The van der Waals surface area contributed by atoms with E-state index in [2.05, 4.69) is 40.5 Å². The van der Waals surface area contributed by atoms with Crippen LogP contribution in [0.5, 0.6) is 5.75 Å². The molecule has 5 rings (SSSR count). The van der Waals surface area contributed by atoms with Crippen molar-refractivity contribution in [3.05, 3.63) is 101 Å². The molecule has 0 bridgehead atoms. The van der Waals surface area contributed by atoms with E-state index < -0.39 is 23.8 Å². The molecule has 4 aromatic rings. The van der Waals surface area contributed by atoms with Crippen LogP contribution in [0.2, 0.25) is 0 Å². The van der Waals surface area contributed by atoms with Crippen LogP contribution in [-0.2, 0) is 6.18 Å². The van der Waals surface area contributed by atoms with Crippen molar-refractivity contribution in [3.8, 4) is 16.9 Å². The van der Waals surface area contributed by atoms with Crippen LogP contribution in [0.4, 0.5) is 29.7 Å². The van der Waals surface area contributed by atoms with E-state index in [4.69, 9.17) is 10.5 Å². The van der Waals surface area contributed by atoms with Gasteiger partial charge in [-0.1, -0.05) is 30.8 Å². The van der Waals surface area contributed by atoms with Gasteiger partial charge < -0.3 is 25.2 Å². The van der Waals surface area contributed by atoms with Gasteiger partial charge in [0, 0.05) is 55.9 Å². The predicted octanol–water partition coefficient (Wildman–Crippen LogP) is 7.41. The lowest BCUT2D eigenvalue weighted by atomic mass is 10.0. The number of rotatable bonds is 9. The molecule has 0 spiro atoms. The molecule has 2 N–H and O–H groups in total. The van der Waals surface area contributed by atoms with Crippen LogP contribution < -0.4 is 20.3 Å². The molecule has 2 aromatic heterocycles. The number of pyridine rings is 1. The summed E-state index contributed by atoms with van der Waals surface area (Å²) in [7, 11) is 2.12. The molecule has 230 valence electrons. The Morgan fingerprint density at radius 1 is 1.09 bits per heavy atom. The molecule has 0 saturated carbocycles. The zero-order valence-electron chi connectivity index (χ0n) is 24.8. The first-order valence-corrected chi connectivity index (χ1v) is 15.0. The molecule has 1 saturated heterocycles. The molecule has 1 atom stereocenters. The van der Waals surface area contributed by atoms with Crippen molar-refractivity contribution in [1.82, 2.24) is 9.88 Å². The number of halogens is 3. The van der Waals surface area contributed by atoms with Gasteiger partial charge in [0.25, 0.3) is 5.91 Å². The summed E-state index contributed by atoms with van der Waals surface area (Å²) in [6.07, 6.45) is -2.10. The number of nitrogens with two attached hydrogens (primary N) is 1. The Bertz CT molecular complexity index is 1660. The maximum absolute atomic E-state index is 13.6. The largest absolute Gasteiger partial charge is 0.484 e. The predicted molar refractivity (Wildman–Crippen MR) is 170 cm³/mol. The number of hydrogen-bond donors (Lipinski definition) is 1. The molecule has 1 aliphatic heterocycles. The van der Waals surface area contributed by atoms with E-state index in [0.717, 1.165) is 71.8 Å². The van der Waals surface area contributed by atoms with Crippen LogP contribution in [-0.4, -0.2) is 49.0 Å². The molecule has 1 aliphatic rings. The van der Waals surface area contributed by atoms with E-state index in [-0.39, 0.29) is 16.2 Å². The number of hydrogen-bond acceptors (Lipinski definition) is 7. The fourth-order valence-electron chi connectivity index (χ4n) is 5.32. The van der Waals surface area contributed by atoms with Gasteiger partial charge in [0.15, 0.2) is 0 Å². The second kappa shape index (κ2) is 12.7. The van der Waals surface area contributed by atoms with Crippen LogP contribution in [0.25, 0.3) is 11.1 Å². The van der Waals surface area contributed by atoms with Gasteiger partial charge in [-0.25, -0.2) is 4.98 Å². The molecule has 0 radical (unpaired) electrons. The first kappa shape index (κ1) is 31.1. The van der Waals surface area contributed by atoms with Crippen molar-refractivity contribution in [3.63, 3.8) is 0 Å². The van der Waals surface area contributed by atoms with Crippen molar-refractivity contribution in [2.24, 2.45) is 5.73 Å². The highest BCUT2D eigenvalue weighted by Crippen LogP contribution is 2.43. The monoisotopic (exact) mass is 621 g/mol. The number of piperazine rings is 1. The molecule has 1 fully saturated rings. The van der Waals surface area contributed by atoms with Gasteiger partial charge in [0.2, 0.25) is 0 Å². The molecule has 44 heavy (non-hydrogen) atoms. The first-order chi connectivity index (χ1) is 21.0. The number of aromatic nitrogens is 1. The summed E-state index contributed by atoms with van der Waals surface area (Å²) in [6, 6.07) is 17.0. The van der Waals surface area contributed by atoms with Crippen molar-refractivity contribution in [1.29, 1.82) is 0 Å². The van der Waals surface area contributed by atoms with Gasteiger partial charge in [-0.2, -0.15) is 13.2 Å². The van der Waals surface area contributed by atoms with Gasteiger partial charge in [-0.05, 0) is 67.9 Å². The van der Waals surface area contributed by atoms with E-state index in [9.17, 15) is 18.0 Å². The Morgan fingerprint density at radius 2 is 1.80 bits per heavy atom. The van der Waals surface area contributed by atoms with Gasteiger partial charge >= 0.3 is 6.18 Å². The first-order valence-electron chi connectivity index (χ1n) is 14.1. The number of nitrogens with zero attached hydrogens (tertiary/aromatic N) is 4. The highest BCUT2D eigenvalue weighted by atomic mass is 32.1. The third kappa shape index (κ3) is 6.58. The number of likely N-dealkylation sites (N-methyl/N-ethyl adjacent to an activating group) is 1. The Morgan fingerprint density at radius 3 is 2.45 bits per heavy atom. The summed E-state index contributed by atoms with van der Waals surface area (Å²) in [5.74, 6) is 0.316. The third-order valence-electron chi connectivity index (χ3n) is 7.70. The number of carbonyl (C=O) groups is 1. The summed E-state index contributed by atoms with van der Waals surface area (Å²) < 4.78 is 46.9. The number of primary amides is 1. The van der Waals surface area contributed by atoms with E-state index in [0.29, 0.717) is 5.00 Å². The van der Waals surface area contributed by atoms with Crippen LogP contribution in [0.15, 0.2) is 79.6 Å². The zero-order valence-corrected chi connectivity index (χ0v) is 25.6. The van der Waals surface area contributed by atoms with E-state index in [1.807, 2.05) is 31.3 Å². The summed E-state index contributed by atoms with van der Waals surface area (Å²) >= 11 is 1.08. The van der Waals surface area contributed by atoms with Gasteiger partial charge in [-0.15, -0.1) is 11.3 Å². The number of amides is 1. The van der Waals surface area contributed by atoms with E-state index in [1.54, 1.807) is 17.2 Å². The normalized spacial score (nSPS) is 14.7. The Labute approximate surface area is 259 Å². The number of carbonyl (C=O) groups excluding carboxylic acids is 1. The summed E-state index contributed by atoms with van der Waals surface area (Å²) in [6.45, 7) is 11.3. The highest BCUT2D eigenvalue weighted by Gasteiger charge is 2.35. The smallest absolute Gasteiger partial charge is 0.416 e. The lowest BCUT2D eigenvalue weighted by Crippen LogP contribution is -2.44. The van der Waals surface area contributed by atoms with Crippen molar-refractivity contribution < 1.29 is 22.7 Å². The molecule has 11 heteroatoms. The standard InChI is InChI=1S/C33H34F3N5O2S/c1-5-41(27-11-10-23(18-21(27)2)24-12-13-38-29(19-24)40-16-14-39(4)15-17-40)30-20-28(31(44-30)32(37)42)43-22(3)25-8-6-7-9-26(25)33(34,35)36/h5-13,18-20,22H,1,14-17H2,2-4H3,(H2,37,42). The lowest BCUT2D eigenvalue weighted by molar-refractivity contribution is -0.139. The second-order valence-corrected chi connectivity index (χ2v) is 11.8. The molecule has 3 heterocycles. The molecule has 2 aromatic carbocycles. The molecule has 0 aliphatic carbocycles. The Hall–Kier alpha value is -4.35. The summed E-state index contributed by atoms with van der Waals surface area (Å²) in [4.78, 5) is 23.5. The fourth-order valence-corrected chi connectivity index (χ4v) is 6.28. The van der Waals surface area contributed by atoms with Crippen molar-refractivity contribution in [2.75, 3.05) is 43.0 Å². The average Bonchev–Trinajstić information content (AvgIpc) is 3.42. The number of alkyl halides is 3. The van der Waals surface area contributed by atoms with Gasteiger partial charge in [0.05, 0.1) is 5.56 Å². The maximum atomic E-state index is 13.6. The lowest BCUT2D eigenvalue weighted by Gasteiger charge is -2.33. The third-order valence-corrected chi connectivity index (χ3v) is 8.83. The molecule has 1 unspecified atom stereocenters. The van der Waals surface area contributed by atoms with Crippen LogP contribution in [0.1, 0.15) is 39.4 Å². The minimum absolute atomic E-state index is 0.0397. The van der Waals surface area contributed by atoms with Gasteiger partial charge in [-0.3, -0.25) is 4.79 Å². The SMILES string of the molecule is C=CN(c1cc(OC(C)c2ccccc2C(F)(F)F)c(C(N)=O)s1)c1ccc(-c2ccnc(N3CCN(C)CC3)c2)cc1C. The molecular formula is C33H34F3N5O2S. The number of ether oxygens (including phenoxy) is 1. The van der Waals surface area contributed by atoms with Crippen molar-refractivity contribution >= 4 is 33.8 Å². The number of benzene rings is 2. The van der Waals surface area contributed by atoms with Crippen LogP contribution in [0.3, 0.4) is 0 Å². The molecule has 7 nitrogen and oxygen atoms in total. The maximum Gasteiger partial charge on any atom is 0.416 e. The number of thiophene rings is 1.